The normalized spacial score (nSPS) is 13.8. The Bertz CT molecular complexity index is 583. The molecular weight excluding hydrogens is 229 g/mol. The molecule has 92 valence electrons. The van der Waals surface area contributed by atoms with Gasteiger partial charge in [0.25, 0.3) is 0 Å². The van der Waals surface area contributed by atoms with E-state index in [0.29, 0.717) is 12.2 Å². The van der Waals surface area contributed by atoms with Gasteiger partial charge in [-0.2, -0.15) is 0 Å². The molecule has 1 aromatic heterocycles. The molecule has 0 spiro atoms. The summed E-state index contributed by atoms with van der Waals surface area (Å²) >= 11 is 0. The number of anilines is 2. The van der Waals surface area contributed by atoms with Crippen molar-refractivity contribution >= 4 is 11.5 Å². The summed E-state index contributed by atoms with van der Waals surface area (Å²) in [4.78, 5) is 6.33. The van der Waals surface area contributed by atoms with Crippen molar-refractivity contribution in [3.8, 4) is 0 Å². The maximum Gasteiger partial charge on any atom is 0.146 e. The average Bonchev–Trinajstić information content (AvgIpc) is 2.82. The molecule has 0 unspecified atom stereocenters. The second-order valence-electron chi connectivity index (χ2n) is 4.38. The predicted molar refractivity (Wildman–Crippen MR) is 69.2 cm³/mol. The fraction of sp³-hybridized carbons (Fsp3) is 0.214. The van der Waals surface area contributed by atoms with Crippen LogP contribution in [0, 0.1) is 5.82 Å². The summed E-state index contributed by atoms with van der Waals surface area (Å²) < 4.78 is 13.8. The number of fused-ring (bicyclic) bond motifs is 1. The van der Waals surface area contributed by atoms with Gasteiger partial charge in [-0.15, -0.1) is 0 Å². The summed E-state index contributed by atoms with van der Waals surface area (Å²) in [7, 11) is 0. The van der Waals surface area contributed by atoms with Crippen LogP contribution in [0.5, 0.6) is 0 Å². The maximum atomic E-state index is 13.8. The van der Waals surface area contributed by atoms with Gasteiger partial charge >= 0.3 is 0 Å². The van der Waals surface area contributed by atoms with E-state index in [9.17, 15) is 4.39 Å². The zero-order chi connectivity index (χ0) is 12.5. The number of halogens is 1. The zero-order valence-electron chi connectivity index (χ0n) is 9.94. The topological polar surface area (TPSA) is 42.1 Å². The molecule has 0 amide bonds. The number of nitrogens with zero attached hydrogens (tertiary/aromatic N) is 2. The van der Waals surface area contributed by atoms with E-state index in [-0.39, 0.29) is 5.82 Å². The molecule has 0 saturated carbocycles. The Morgan fingerprint density at radius 2 is 2.17 bits per heavy atom. The van der Waals surface area contributed by atoms with Crippen molar-refractivity contribution < 1.29 is 4.39 Å². The molecule has 1 aliphatic rings. The molecule has 2 N–H and O–H groups in total. The number of pyridine rings is 1. The lowest BCUT2D eigenvalue weighted by Crippen LogP contribution is -2.15. The van der Waals surface area contributed by atoms with Gasteiger partial charge in [0, 0.05) is 19.3 Å². The van der Waals surface area contributed by atoms with E-state index in [1.54, 1.807) is 18.3 Å². The smallest absolute Gasteiger partial charge is 0.146 e. The van der Waals surface area contributed by atoms with Crippen LogP contribution in [0.25, 0.3) is 0 Å². The molecular formula is C14H14FN3. The van der Waals surface area contributed by atoms with Crippen LogP contribution >= 0.6 is 0 Å². The van der Waals surface area contributed by atoms with Gasteiger partial charge in [-0.3, -0.25) is 0 Å². The van der Waals surface area contributed by atoms with Gasteiger partial charge in [0.05, 0.1) is 5.69 Å². The van der Waals surface area contributed by atoms with Gasteiger partial charge in [-0.05, 0) is 35.7 Å². The Labute approximate surface area is 105 Å². The Morgan fingerprint density at radius 1 is 1.33 bits per heavy atom. The van der Waals surface area contributed by atoms with E-state index in [1.807, 2.05) is 11.0 Å². The van der Waals surface area contributed by atoms with Crippen LogP contribution in [0.15, 0.2) is 36.5 Å². The van der Waals surface area contributed by atoms with Crippen LogP contribution in [0.2, 0.25) is 0 Å². The third-order valence-corrected chi connectivity index (χ3v) is 3.24. The second-order valence-corrected chi connectivity index (χ2v) is 4.38. The number of hydrogen-bond donors (Lipinski definition) is 1. The minimum Gasteiger partial charge on any atom is -0.326 e. The maximum absolute atomic E-state index is 13.8. The number of hydrogen-bond acceptors (Lipinski definition) is 3. The number of benzene rings is 1. The van der Waals surface area contributed by atoms with E-state index >= 15 is 0 Å². The molecule has 18 heavy (non-hydrogen) atoms. The van der Waals surface area contributed by atoms with Crippen molar-refractivity contribution in [1.29, 1.82) is 0 Å². The predicted octanol–water partition coefficient (Wildman–Crippen LogP) is 2.37. The summed E-state index contributed by atoms with van der Waals surface area (Å²) in [5.74, 6) is 0.632. The van der Waals surface area contributed by atoms with Crippen LogP contribution in [0.3, 0.4) is 0 Å². The quantitative estimate of drug-likeness (QED) is 0.880. The highest BCUT2D eigenvalue weighted by Crippen LogP contribution is 2.34. The molecule has 0 saturated heterocycles. The lowest BCUT2D eigenvalue weighted by Gasteiger charge is -2.19. The highest BCUT2D eigenvalue weighted by atomic mass is 19.1. The Hall–Kier alpha value is -1.94. The minimum atomic E-state index is -0.213. The van der Waals surface area contributed by atoms with Crippen molar-refractivity contribution in [2.24, 2.45) is 5.73 Å². The monoisotopic (exact) mass is 243 g/mol. The molecule has 1 aromatic carbocycles. The molecule has 2 heterocycles. The average molecular weight is 243 g/mol. The first-order chi connectivity index (χ1) is 8.79. The third-order valence-electron chi connectivity index (χ3n) is 3.24. The van der Waals surface area contributed by atoms with E-state index in [0.717, 1.165) is 29.9 Å². The molecule has 0 bridgehead atoms. The van der Waals surface area contributed by atoms with Crippen LogP contribution in [-0.2, 0) is 13.0 Å². The van der Waals surface area contributed by atoms with E-state index in [1.165, 1.54) is 6.07 Å². The van der Waals surface area contributed by atoms with Crippen molar-refractivity contribution in [3.63, 3.8) is 0 Å². The molecule has 3 nitrogen and oxygen atoms in total. The molecule has 0 aliphatic carbocycles. The summed E-state index contributed by atoms with van der Waals surface area (Å²) in [6.45, 7) is 1.25. The summed E-state index contributed by atoms with van der Waals surface area (Å²) in [5.41, 5.74) is 8.35. The number of nitrogens with two attached hydrogens (primary N) is 1. The minimum absolute atomic E-state index is 0.213. The van der Waals surface area contributed by atoms with Gasteiger partial charge in [0.2, 0.25) is 0 Å². The second kappa shape index (κ2) is 4.38. The van der Waals surface area contributed by atoms with Crippen molar-refractivity contribution in [2.75, 3.05) is 11.4 Å². The van der Waals surface area contributed by atoms with Crippen LogP contribution in [-0.4, -0.2) is 11.5 Å². The highest BCUT2D eigenvalue weighted by Gasteiger charge is 2.23. The van der Waals surface area contributed by atoms with E-state index in [4.69, 9.17) is 5.73 Å². The molecule has 0 atom stereocenters. The van der Waals surface area contributed by atoms with E-state index < -0.39 is 0 Å². The fourth-order valence-electron chi connectivity index (χ4n) is 2.33. The summed E-state index contributed by atoms with van der Waals surface area (Å²) in [6.07, 6.45) is 2.64. The molecule has 0 fully saturated rings. The van der Waals surface area contributed by atoms with Crippen molar-refractivity contribution in [3.05, 3.63) is 53.5 Å². The van der Waals surface area contributed by atoms with Gasteiger partial charge in [-0.1, -0.05) is 12.1 Å². The molecule has 2 aromatic rings. The number of rotatable bonds is 2. The molecule has 0 radical (unpaired) electrons. The lowest BCUT2D eigenvalue weighted by atomic mass is 10.2. The van der Waals surface area contributed by atoms with Gasteiger partial charge in [0.1, 0.15) is 11.6 Å². The van der Waals surface area contributed by atoms with Gasteiger partial charge in [-0.25, -0.2) is 9.37 Å². The first-order valence-corrected chi connectivity index (χ1v) is 5.99. The Morgan fingerprint density at radius 3 is 2.94 bits per heavy atom. The van der Waals surface area contributed by atoms with Crippen LogP contribution in [0.4, 0.5) is 15.9 Å². The first-order valence-electron chi connectivity index (χ1n) is 5.99. The number of para-hydroxylation sites is 1. The fourth-order valence-corrected chi connectivity index (χ4v) is 2.33. The van der Waals surface area contributed by atoms with Crippen LogP contribution < -0.4 is 10.6 Å². The van der Waals surface area contributed by atoms with E-state index in [2.05, 4.69) is 11.1 Å². The van der Waals surface area contributed by atoms with Crippen LogP contribution in [0.1, 0.15) is 11.1 Å². The third kappa shape index (κ3) is 1.75. The largest absolute Gasteiger partial charge is 0.326 e. The van der Waals surface area contributed by atoms with Crippen molar-refractivity contribution in [2.45, 2.75) is 13.0 Å². The molecule has 4 heteroatoms. The lowest BCUT2D eigenvalue weighted by molar-refractivity contribution is 0.625. The van der Waals surface area contributed by atoms with Gasteiger partial charge < -0.3 is 10.6 Å². The first kappa shape index (κ1) is 11.2. The van der Waals surface area contributed by atoms with Gasteiger partial charge in [0.15, 0.2) is 0 Å². The standard InChI is InChI=1S/C14H14FN3/c15-12-3-1-2-4-13(12)18-6-5-11-7-10(8-16)9-17-14(11)18/h1-4,7,9H,5-6,8,16H2. The Kier molecular flexibility index (Phi) is 2.72. The highest BCUT2D eigenvalue weighted by molar-refractivity contribution is 5.66. The van der Waals surface area contributed by atoms with Crippen molar-refractivity contribution in [1.82, 2.24) is 4.98 Å². The molecule has 3 rings (SSSR count). The number of aromatic nitrogens is 1. The Balaban J connectivity index is 2.03. The SMILES string of the molecule is NCc1cnc2c(c1)CCN2c1ccccc1F. The molecule has 1 aliphatic heterocycles. The zero-order valence-corrected chi connectivity index (χ0v) is 9.94. The summed E-state index contributed by atoms with van der Waals surface area (Å²) in [5, 5.41) is 0. The summed E-state index contributed by atoms with van der Waals surface area (Å²) in [6, 6.07) is 8.85.